The lowest BCUT2D eigenvalue weighted by Crippen LogP contribution is -2.51. The van der Waals surface area contributed by atoms with Crippen LogP contribution in [0.2, 0.25) is 0 Å². The summed E-state index contributed by atoms with van der Waals surface area (Å²) in [7, 11) is -4.75. The fourth-order valence-electron chi connectivity index (χ4n) is 8.11. The largest absolute Gasteiger partial charge is 0.478 e. The van der Waals surface area contributed by atoms with Crippen molar-refractivity contribution < 1.29 is 60.6 Å². The highest BCUT2D eigenvalue weighted by Crippen LogP contribution is 2.50. The molecular weight excluding hydrogens is 841 g/mol. The first-order valence-corrected chi connectivity index (χ1v) is 21.4. The number of urea groups is 1. The van der Waals surface area contributed by atoms with E-state index in [9.17, 15) is 47.1 Å². The van der Waals surface area contributed by atoms with Crippen molar-refractivity contribution >= 4 is 69.1 Å². The normalized spacial score (nSPS) is 18.5. The van der Waals surface area contributed by atoms with Gasteiger partial charge in [0.25, 0.3) is 0 Å². The van der Waals surface area contributed by atoms with Gasteiger partial charge in [0.15, 0.2) is 0 Å². The number of carboxylic acids is 1. The SMILES string of the molecule is CCC(C)(CC(CN)CC(C)(CC(C)(C(N)=O)C1C(=O)N(c2ccccc2)C(=O)C1C)C(=O)OCCNC(=O)Nc1ccc(OS(=O)(=O)O)cc1)C(=O)Nc1ccc(C(=O)O)cc1. The second-order valence-electron chi connectivity index (χ2n) is 16.4. The van der Waals surface area contributed by atoms with Crippen LogP contribution in [-0.2, 0) is 39.1 Å². The van der Waals surface area contributed by atoms with Crippen LogP contribution in [0.25, 0.3) is 0 Å². The van der Waals surface area contributed by atoms with E-state index in [1.165, 1.54) is 69.3 Å². The molecule has 0 aliphatic carbocycles. The van der Waals surface area contributed by atoms with E-state index in [1.54, 1.807) is 44.2 Å². The molecule has 3 aromatic rings. The van der Waals surface area contributed by atoms with Gasteiger partial charge in [0.1, 0.15) is 12.4 Å². The molecule has 0 spiro atoms. The molecule has 1 fully saturated rings. The third-order valence-electron chi connectivity index (χ3n) is 11.6. The minimum Gasteiger partial charge on any atom is -0.478 e. The molecule has 1 saturated heterocycles. The van der Waals surface area contributed by atoms with Crippen molar-refractivity contribution in [3.8, 4) is 5.75 Å². The van der Waals surface area contributed by atoms with Crippen molar-refractivity contribution in [1.82, 2.24) is 5.32 Å². The smallest absolute Gasteiger partial charge is 0.446 e. The van der Waals surface area contributed by atoms with Gasteiger partial charge in [-0.15, -0.1) is 0 Å². The van der Waals surface area contributed by atoms with Gasteiger partial charge in [-0.05, 0) is 113 Å². The number of nitrogens with zero attached hydrogens (tertiary/aromatic N) is 1. The summed E-state index contributed by atoms with van der Waals surface area (Å²) in [5.41, 5.74) is 8.85. The Morgan fingerprint density at radius 2 is 1.43 bits per heavy atom. The van der Waals surface area contributed by atoms with Crippen molar-refractivity contribution in [2.45, 2.75) is 60.3 Å². The maximum atomic E-state index is 14.4. The van der Waals surface area contributed by atoms with Gasteiger partial charge < -0.3 is 41.4 Å². The molecular formula is C43H54N6O13S. The number of aromatic carboxylic acids is 1. The van der Waals surface area contributed by atoms with Crippen LogP contribution in [0, 0.1) is 34.0 Å². The summed E-state index contributed by atoms with van der Waals surface area (Å²) in [6.45, 7) is 7.42. The number of imide groups is 1. The molecule has 9 N–H and O–H groups in total. The number of benzene rings is 3. The standard InChI is InChI=1S/C43H54N6O13S/c1-6-41(3,38(55)47-29-14-12-28(13-15-29)36(52)53)22-27(24-44)23-42(4,39(56)61-21-20-46-40(57)48-30-16-18-32(19-17-30)62-63(58,59)60)25-43(5,37(45)54)33-26(2)34(50)49(35(33)51)31-10-8-7-9-11-31/h7-19,26-27,33H,6,20-25,44H2,1-5H3,(H2,45,54)(H,47,55)(H,52,53)(H2,46,48,57)(H,58,59,60). The third-order valence-corrected chi connectivity index (χ3v) is 12.0. The maximum Gasteiger partial charge on any atom is 0.446 e. The lowest BCUT2D eigenvalue weighted by Gasteiger charge is -2.42. The molecule has 3 aromatic carbocycles. The predicted molar refractivity (Wildman–Crippen MR) is 230 cm³/mol. The van der Waals surface area contributed by atoms with Crippen molar-refractivity contribution in [2.24, 2.45) is 45.5 Å². The van der Waals surface area contributed by atoms with E-state index < -0.39 is 86.0 Å². The second kappa shape index (κ2) is 20.2. The highest BCUT2D eigenvalue weighted by molar-refractivity contribution is 7.81. The first-order chi connectivity index (χ1) is 29.5. The maximum absolute atomic E-state index is 14.4. The van der Waals surface area contributed by atoms with Gasteiger partial charge in [-0.3, -0.25) is 33.4 Å². The summed E-state index contributed by atoms with van der Waals surface area (Å²) >= 11 is 0. The first kappa shape index (κ1) is 49.3. The lowest BCUT2D eigenvalue weighted by molar-refractivity contribution is -0.161. The number of esters is 1. The van der Waals surface area contributed by atoms with Crippen LogP contribution in [0.4, 0.5) is 21.9 Å². The van der Waals surface area contributed by atoms with Gasteiger partial charge in [0.2, 0.25) is 23.6 Å². The summed E-state index contributed by atoms with van der Waals surface area (Å²) < 4.78 is 40.8. The molecule has 0 bridgehead atoms. The van der Waals surface area contributed by atoms with Crippen LogP contribution in [0.15, 0.2) is 78.9 Å². The predicted octanol–water partition coefficient (Wildman–Crippen LogP) is 4.35. The zero-order chi connectivity index (χ0) is 46.9. The number of nitrogens with two attached hydrogens (primary N) is 2. The molecule has 0 radical (unpaired) electrons. The fourth-order valence-corrected chi connectivity index (χ4v) is 8.47. The Balaban J connectivity index is 1.59. The van der Waals surface area contributed by atoms with Gasteiger partial charge in [-0.2, -0.15) is 8.42 Å². The minimum atomic E-state index is -4.75. The fraction of sp³-hybridized carbons (Fsp3) is 0.419. The number of carbonyl (C=O) groups excluding carboxylic acids is 6. The second-order valence-corrected chi connectivity index (χ2v) is 17.5. The number of hydrogen-bond acceptors (Lipinski definition) is 12. The highest BCUT2D eigenvalue weighted by Gasteiger charge is 2.59. The van der Waals surface area contributed by atoms with E-state index in [0.717, 1.165) is 4.90 Å². The Kier molecular flexibility index (Phi) is 15.8. The zero-order valence-electron chi connectivity index (χ0n) is 35.6. The van der Waals surface area contributed by atoms with Gasteiger partial charge in [-0.1, -0.05) is 39.0 Å². The number of nitrogens with one attached hydrogen (secondary N) is 3. The number of ether oxygens (including phenoxy) is 1. The van der Waals surface area contributed by atoms with E-state index >= 15 is 0 Å². The molecule has 1 heterocycles. The monoisotopic (exact) mass is 894 g/mol. The lowest BCUT2D eigenvalue weighted by atomic mass is 9.60. The average molecular weight is 895 g/mol. The van der Waals surface area contributed by atoms with Crippen molar-refractivity contribution in [2.75, 3.05) is 35.2 Å². The van der Waals surface area contributed by atoms with E-state index in [-0.39, 0.29) is 56.0 Å². The summed E-state index contributed by atoms with van der Waals surface area (Å²) in [6.07, 6.45) is 0.0129. The van der Waals surface area contributed by atoms with E-state index in [2.05, 4.69) is 20.1 Å². The molecule has 340 valence electrons. The number of primary amides is 1. The Labute approximate surface area is 365 Å². The van der Waals surface area contributed by atoms with Crippen LogP contribution in [0.5, 0.6) is 5.75 Å². The molecule has 1 aliphatic heterocycles. The Morgan fingerprint density at radius 3 is 1.97 bits per heavy atom. The van der Waals surface area contributed by atoms with E-state index in [1.807, 2.05) is 0 Å². The van der Waals surface area contributed by atoms with E-state index in [0.29, 0.717) is 17.8 Å². The molecule has 0 saturated carbocycles. The van der Waals surface area contributed by atoms with Gasteiger partial charge in [0, 0.05) is 22.7 Å². The zero-order valence-corrected chi connectivity index (χ0v) is 36.4. The van der Waals surface area contributed by atoms with E-state index in [4.69, 9.17) is 20.8 Å². The molecule has 4 rings (SSSR count). The molecule has 6 amide bonds. The number of anilines is 3. The summed E-state index contributed by atoms with van der Waals surface area (Å²) in [4.78, 5) is 94.7. The summed E-state index contributed by atoms with van der Waals surface area (Å²) in [5, 5.41) is 17.1. The third kappa shape index (κ3) is 12.2. The van der Waals surface area contributed by atoms with Gasteiger partial charge in [0.05, 0.1) is 34.5 Å². The van der Waals surface area contributed by atoms with Crippen molar-refractivity contribution in [3.63, 3.8) is 0 Å². The molecule has 0 aromatic heterocycles. The number of rotatable bonds is 21. The Bertz CT molecular complexity index is 2300. The summed E-state index contributed by atoms with van der Waals surface area (Å²) in [6, 6.07) is 18.1. The summed E-state index contributed by atoms with van der Waals surface area (Å²) in [5.74, 6) is -7.63. The molecule has 19 nitrogen and oxygen atoms in total. The van der Waals surface area contributed by atoms with Crippen molar-refractivity contribution in [1.29, 1.82) is 0 Å². The van der Waals surface area contributed by atoms with Gasteiger partial charge in [-0.25, -0.2) is 9.59 Å². The molecule has 1 aliphatic rings. The Morgan fingerprint density at radius 1 is 0.857 bits per heavy atom. The van der Waals surface area contributed by atoms with Crippen LogP contribution in [0.1, 0.15) is 70.7 Å². The number of amides is 6. The van der Waals surface area contributed by atoms with Crippen LogP contribution in [0.3, 0.4) is 0 Å². The quantitative estimate of drug-likeness (QED) is 0.0339. The van der Waals surface area contributed by atoms with Crippen LogP contribution >= 0.6 is 0 Å². The van der Waals surface area contributed by atoms with Crippen molar-refractivity contribution in [3.05, 3.63) is 84.4 Å². The number of hydrogen-bond donors (Lipinski definition) is 7. The highest BCUT2D eigenvalue weighted by atomic mass is 32.3. The van der Waals surface area contributed by atoms with Crippen LogP contribution < -0.4 is 36.5 Å². The molecule has 63 heavy (non-hydrogen) atoms. The topological polar surface area (TPSA) is 304 Å². The van der Waals surface area contributed by atoms with Gasteiger partial charge >= 0.3 is 28.4 Å². The molecule has 6 unspecified atom stereocenters. The molecule has 20 heteroatoms. The molecule has 6 atom stereocenters. The average Bonchev–Trinajstić information content (AvgIpc) is 3.45. The number of carbonyl (C=O) groups is 7. The first-order valence-electron chi connectivity index (χ1n) is 20.0. The number of para-hydroxylation sites is 1. The van der Waals surface area contributed by atoms with Crippen LogP contribution in [-0.4, -0.2) is 79.4 Å². The minimum absolute atomic E-state index is 0.0317. The number of carboxylic acid groups (broad SMARTS) is 1. The Hall–Kier alpha value is -6.38.